The van der Waals surface area contributed by atoms with E-state index in [1.165, 1.54) is 0 Å². The Labute approximate surface area is 92.0 Å². The van der Waals surface area contributed by atoms with E-state index in [4.69, 9.17) is 0 Å². The molecule has 0 aliphatic carbocycles. The molecule has 0 saturated carbocycles. The second kappa shape index (κ2) is 3.81. The predicted molar refractivity (Wildman–Crippen MR) is 62.6 cm³/mol. The van der Waals surface area contributed by atoms with Crippen molar-refractivity contribution >= 4 is 0 Å². The van der Waals surface area contributed by atoms with Crippen LogP contribution < -0.4 is 11.1 Å². The van der Waals surface area contributed by atoms with Crippen LogP contribution in [0.5, 0.6) is 0 Å². The minimum atomic E-state index is -0.140. The first kappa shape index (κ1) is 10.4. The molecular formula is C12H12N2O2. The Morgan fingerprint density at radius 2 is 1.12 bits per heavy atom. The maximum Gasteiger partial charge on any atom is 0.251 e. The summed E-state index contributed by atoms with van der Waals surface area (Å²) in [4.78, 5) is 28.3. The molecule has 0 fully saturated rings. The van der Waals surface area contributed by atoms with E-state index in [1.807, 2.05) is 0 Å². The maximum atomic E-state index is 11.4. The van der Waals surface area contributed by atoms with Crippen LogP contribution in [0.1, 0.15) is 11.1 Å². The molecule has 0 spiro atoms. The molecule has 2 aromatic rings. The Morgan fingerprint density at radius 1 is 0.750 bits per heavy atom. The fourth-order valence-electron chi connectivity index (χ4n) is 1.41. The fraction of sp³-hybridized carbons (Fsp3) is 0.167. The number of pyridine rings is 2. The van der Waals surface area contributed by atoms with Crippen molar-refractivity contribution in [3.8, 4) is 11.4 Å². The van der Waals surface area contributed by atoms with Crippen LogP contribution in [0, 0.1) is 13.8 Å². The molecule has 0 unspecified atom stereocenters. The lowest BCUT2D eigenvalue weighted by Gasteiger charge is -2.02. The number of aromatic nitrogens is 2. The molecule has 0 aliphatic heterocycles. The van der Waals surface area contributed by atoms with Gasteiger partial charge in [0.2, 0.25) is 0 Å². The first-order valence-electron chi connectivity index (χ1n) is 4.98. The average Bonchev–Trinajstić information content (AvgIpc) is 2.26. The molecule has 4 nitrogen and oxygen atoms in total. The quantitative estimate of drug-likeness (QED) is 0.755. The van der Waals surface area contributed by atoms with Crippen molar-refractivity contribution in [2.75, 3.05) is 0 Å². The zero-order chi connectivity index (χ0) is 11.7. The van der Waals surface area contributed by atoms with Crippen molar-refractivity contribution in [1.29, 1.82) is 0 Å². The van der Waals surface area contributed by atoms with Gasteiger partial charge in [-0.2, -0.15) is 0 Å². The molecule has 0 amide bonds. The fourth-order valence-corrected chi connectivity index (χ4v) is 1.41. The van der Waals surface area contributed by atoms with E-state index in [0.29, 0.717) is 22.5 Å². The first-order valence-corrected chi connectivity index (χ1v) is 4.98. The van der Waals surface area contributed by atoms with Crippen molar-refractivity contribution in [2.24, 2.45) is 0 Å². The van der Waals surface area contributed by atoms with Crippen molar-refractivity contribution in [3.05, 3.63) is 56.1 Å². The van der Waals surface area contributed by atoms with Crippen LogP contribution in [-0.2, 0) is 0 Å². The number of hydrogen-bond acceptors (Lipinski definition) is 2. The molecule has 0 saturated heterocycles. The van der Waals surface area contributed by atoms with Gasteiger partial charge in [-0.15, -0.1) is 0 Å². The second-order valence-electron chi connectivity index (χ2n) is 3.77. The molecule has 2 N–H and O–H groups in total. The lowest BCUT2D eigenvalue weighted by atomic mass is 10.2. The Hall–Kier alpha value is -2.10. The largest absolute Gasteiger partial charge is 0.320 e. The Balaban J connectivity index is 2.59. The van der Waals surface area contributed by atoms with E-state index in [-0.39, 0.29) is 11.1 Å². The maximum absolute atomic E-state index is 11.4. The third kappa shape index (κ3) is 1.82. The molecule has 0 aromatic carbocycles. The van der Waals surface area contributed by atoms with Gasteiger partial charge in [0.25, 0.3) is 11.1 Å². The van der Waals surface area contributed by atoms with Gasteiger partial charge in [-0.05, 0) is 26.0 Å². The van der Waals surface area contributed by atoms with Gasteiger partial charge in [0.15, 0.2) is 0 Å². The van der Waals surface area contributed by atoms with Gasteiger partial charge in [0.1, 0.15) is 0 Å². The predicted octanol–water partition coefficient (Wildman–Crippen LogP) is 1.35. The van der Waals surface area contributed by atoms with Gasteiger partial charge in [0, 0.05) is 11.1 Å². The molecule has 2 heterocycles. The Morgan fingerprint density at radius 3 is 1.44 bits per heavy atom. The number of H-pyrrole nitrogens is 2. The minimum Gasteiger partial charge on any atom is -0.320 e. The summed E-state index contributed by atoms with van der Waals surface area (Å²) in [5.41, 5.74) is 2.26. The summed E-state index contributed by atoms with van der Waals surface area (Å²) in [5, 5.41) is 0. The molecule has 82 valence electrons. The lowest BCUT2D eigenvalue weighted by molar-refractivity contribution is 1.13. The van der Waals surface area contributed by atoms with Crippen molar-refractivity contribution in [1.82, 2.24) is 9.97 Å². The molecule has 2 rings (SSSR count). The standard InChI is InChI=1S/C12H12N2O2/c1-7-3-5-9(13-11(7)15)10-6-4-8(2)12(16)14-10/h3-6H,1-2H3,(H,13,15)(H,14,16). The monoisotopic (exact) mass is 216 g/mol. The summed E-state index contributed by atoms with van der Waals surface area (Å²) >= 11 is 0. The topological polar surface area (TPSA) is 65.7 Å². The van der Waals surface area contributed by atoms with Crippen molar-refractivity contribution in [2.45, 2.75) is 13.8 Å². The third-order valence-corrected chi connectivity index (χ3v) is 2.50. The summed E-state index contributed by atoms with van der Waals surface area (Å²) in [6.45, 7) is 3.47. The van der Waals surface area contributed by atoms with Gasteiger partial charge < -0.3 is 9.97 Å². The molecule has 0 atom stereocenters. The number of aryl methyl sites for hydroxylation is 2. The number of aromatic amines is 2. The van der Waals surface area contributed by atoms with E-state index in [1.54, 1.807) is 38.1 Å². The van der Waals surface area contributed by atoms with Crippen LogP contribution in [0.3, 0.4) is 0 Å². The van der Waals surface area contributed by atoms with Crippen LogP contribution in [0.4, 0.5) is 0 Å². The highest BCUT2D eigenvalue weighted by atomic mass is 16.1. The molecule has 2 aromatic heterocycles. The lowest BCUT2D eigenvalue weighted by Crippen LogP contribution is -2.13. The van der Waals surface area contributed by atoms with Crippen LogP contribution in [0.15, 0.2) is 33.9 Å². The van der Waals surface area contributed by atoms with Gasteiger partial charge in [-0.1, -0.05) is 12.1 Å². The third-order valence-electron chi connectivity index (χ3n) is 2.50. The molecule has 16 heavy (non-hydrogen) atoms. The summed E-state index contributed by atoms with van der Waals surface area (Å²) in [5.74, 6) is 0. The molecule has 0 bridgehead atoms. The molecule has 0 aliphatic rings. The van der Waals surface area contributed by atoms with Gasteiger partial charge in [0.05, 0.1) is 11.4 Å². The SMILES string of the molecule is Cc1ccc(-c2ccc(C)c(=O)[nH]2)[nH]c1=O. The summed E-state index contributed by atoms with van der Waals surface area (Å²) in [6, 6.07) is 7.01. The number of rotatable bonds is 1. The van der Waals surface area contributed by atoms with Gasteiger partial charge in [-0.25, -0.2) is 0 Å². The molecule has 4 heteroatoms. The van der Waals surface area contributed by atoms with E-state index < -0.39 is 0 Å². The van der Waals surface area contributed by atoms with Crippen LogP contribution in [0.2, 0.25) is 0 Å². The van der Waals surface area contributed by atoms with E-state index in [2.05, 4.69) is 9.97 Å². The average molecular weight is 216 g/mol. The van der Waals surface area contributed by atoms with Crippen molar-refractivity contribution < 1.29 is 0 Å². The first-order chi connectivity index (χ1) is 7.58. The Kier molecular flexibility index (Phi) is 2.48. The highest BCUT2D eigenvalue weighted by molar-refractivity contribution is 5.53. The molecule has 0 radical (unpaired) electrons. The summed E-state index contributed by atoms with van der Waals surface area (Å²) in [6.07, 6.45) is 0. The van der Waals surface area contributed by atoms with E-state index in [9.17, 15) is 9.59 Å². The molecular weight excluding hydrogens is 204 g/mol. The summed E-state index contributed by atoms with van der Waals surface area (Å²) in [7, 11) is 0. The zero-order valence-corrected chi connectivity index (χ0v) is 9.13. The van der Waals surface area contributed by atoms with Crippen molar-refractivity contribution in [3.63, 3.8) is 0 Å². The smallest absolute Gasteiger partial charge is 0.251 e. The minimum absolute atomic E-state index is 0.140. The number of nitrogens with one attached hydrogen (secondary N) is 2. The van der Waals surface area contributed by atoms with E-state index in [0.717, 1.165) is 0 Å². The van der Waals surface area contributed by atoms with Crippen LogP contribution >= 0.6 is 0 Å². The zero-order valence-electron chi connectivity index (χ0n) is 9.13. The Bertz CT molecular complexity index is 580. The van der Waals surface area contributed by atoms with Crippen LogP contribution in [-0.4, -0.2) is 9.97 Å². The second-order valence-corrected chi connectivity index (χ2v) is 3.77. The summed E-state index contributed by atoms with van der Waals surface area (Å²) < 4.78 is 0. The van der Waals surface area contributed by atoms with Gasteiger partial charge >= 0.3 is 0 Å². The number of hydrogen-bond donors (Lipinski definition) is 2. The van der Waals surface area contributed by atoms with Crippen LogP contribution in [0.25, 0.3) is 11.4 Å². The normalized spacial score (nSPS) is 10.4. The van der Waals surface area contributed by atoms with Gasteiger partial charge in [-0.3, -0.25) is 9.59 Å². The highest BCUT2D eigenvalue weighted by Crippen LogP contribution is 2.10. The highest BCUT2D eigenvalue weighted by Gasteiger charge is 2.02. The van der Waals surface area contributed by atoms with E-state index >= 15 is 0 Å².